The van der Waals surface area contributed by atoms with Gasteiger partial charge in [0.15, 0.2) is 0 Å². The van der Waals surface area contributed by atoms with Crippen molar-refractivity contribution in [1.82, 2.24) is 5.32 Å². The van der Waals surface area contributed by atoms with Gasteiger partial charge in [0.25, 0.3) is 0 Å². The van der Waals surface area contributed by atoms with Crippen LogP contribution in [0.4, 0.5) is 13.2 Å². The van der Waals surface area contributed by atoms with Crippen molar-refractivity contribution in [3.8, 4) is 5.75 Å². The Morgan fingerprint density at radius 2 is 1.90 bits per heavy atom. The van der Waals surface area contributed by atoms with Crippen LogP contribution in [0.3, 0.4) is 0 Å². The topological polar surface area (TPSA) is 47.3 Å². The molecule has 0 bridgehead atoms. The first-order valence-electron chi connectivity index (χ1n) is 6.28. The molecule has 0 spiro atoms. The van der Waals surface area contributed by atoms with Gasteiger partial charge in [0.2, 0.25) is 0 Å². The summed E-state index contributed by atoms with van der Waals surface area (Å²) in [6.07, 6.45) is -2.80. The van der Waals surface area contributed by atoms with Gasteiger partial charge < -0.3 is 15.8 Å². The first-order chi connectivity index (χ1) is 8.96. The Bertz CT molecular complexity index is 422. The molecule has 2 rings (SSSR count). The van der Waals surface area contributed by atoms with Gasteiger partial charge in [-0.15, -0.1) is 25.6 Å². The number of hydrogen-bond acceptors (Lipinski definition) is 3. The zero-order chi connectivity index (χ0) is 13.9. The highest BCUT2D eigenvalue weighted by atomic mass is 35.5. The maximum absolute atomic E-state index is 12.2. The molecule has 114 valence electrons. The Kier molecular flexibility index (Phi) is 6.10. The van der Waals surface area contributed by atoms with Crippen molar-refractivity contribution in [2.45, 2.75) is 25.2 Å². The van der Waals surface area contributed by atoms with Crippen LogP contribution in [0.2, 0.25) is 0 Å². The number of ether oxygens (including phenoxy) is 1. The largest absolute Gasteiger partial charge is 0.573 e. The predicted octanol–water partition coefficient (Wildman–Crippen LogP) is 3.01. The zero-order valence-electron chi connectivity index (χ0n) is 10.8. The first kappa shape index (κ1) is 17.1. The van der Waals surface area contributed by atoms with Crippen molar-refractivity contribution in [2.75, 3.05) is 13.1 Å². The molecular weight excluding hydrogens is 293 g/mol. The summed E-state index contributed by atoms with van der Waals surface area (Å²) in [4.78, 5) is 0. The molecule has 0 amide bonds. The fourth-order valence-corrected chi connectivity index (χ4v) is 2.39. The Labute approximate surface area is 122 Å². The van der Waals surface area contributed by atoms with Crippen molar-refractivity contribution in [3.63, 3.8) is 0 Å². The van der Waals surface area contributed by atoms with Gasteiger partial charge >= 0.3 is 6.36 Å². The highest BCUT2D eigenvalue weighted by Crippen LogP contribution is 2.30. The fourth-order valence-electron chi connectivity index (χ4n) is 2.39. The molecule has 1 saturated heterocycles. The van der Waals surface area contributed by atoms with Crippen LogP contribution < -0.4 is 15.8 Å². The molecule has 3 nitrogen and oxygen atoms in total. The SMILES string of the molecule is Cl.N[C@@H](c1cccc(OC(F)(F)F)c1)C1CCNCC1. The van der Waals surface area contributed by atoms with Crippen LogP contribution in [0.5, 0.6) is 5.75 Å². The van der Waals surface area contributed by atoms with Crippen molar-refractivity contribution < 1.29 is 17.9 Å². The van der Waals surface area contributed by atoms with Crippen LogP contribution in [0, 0.1) is 5.92 Å². The maximum atomic E-state index is 12.2. The lowest BCUT2D eigenvalue weighted by molar-refractivity contribution is -0.274. The Balaban J connectivity index is 0.00000200. The highest BCUT2D eigenvalue weighted by Gasteiger charge is 2.31. The van der Waals surface area contributed by atoms with Crippen LogP contribution in [-0.4, -0.2) is 19.5 Å². The van der Waals surface area contributed by atoms with Crippen LogP contribution in [-0.2, 0) is 0 Å². The molecule has 0 aromatic heterocycles. The van der Waals surface area contributed by atoms with Gasteiger partial charge in [-0.3, -0.25) is 0 Å². The molecule has 0 aliphatic carbocycles. The molecule has 1 aliphatic rings. The van der Waals surface area contributed by atoms with E-state index in [0.717, 1.165) is 25.9 Å². The summed E-state index contributed by atoms with van der Waals surface area (Å²) in [5, 5.41) is 3.23. The predicted molar refractivity (Wildman–Crippen MR) is 72.9 cm³/mol. The van der Waals surface area contributed by atoms with E-state index in [-0.39, 0.29) is 24.2 Å². The van der Waals surface area contributed by atoms with Gasteiger partial charge in [0.05, 0.1) is 0 Å². The summed E-state index contributed by atoms with van der Waals surface area (Å²) in [5.74, 6) is 0.0803. The fraction of sp³-hybridized carbons (Fsp3) is 0.538. The molecular formula is C13H18ClF3N2O. The summed E-state index contributed by atoms with van der Waals surface area (Å²) in [7, 11) is 0. The highest BCUT2D eigenvalue weighted by molar-refractivity contribution is 5.85. The van der Waals surface area contributed by atoms with E-state index < -0.39 is 6.36 Å². The number of halogens is 4. The van der Waals surface area contributed by atoms with Gasteiger partial charge in [0, 0.05) is 6.04 Å². The van der Waals surface area contributed by atoms with E-state index in [4.69, 9.17) is 5.73 Å². The van der Waals surface area contributed by atoms with Gasteiger partial charge in [-0.25, -0.2) is 0 Å². The molecule has 1 heterocycles. The van der Waals surface area contributed by atoms with Gasteiger partial charge in [-0.05, 0) is 49.5 Å². The first-order valence-corrected chi connectivity index (χ1v) is 6.28. The van der Waals surface area contributed by atoms with Crippen molar-refractivity contribution >= 4 is 12.4 Å². The van der Waals surface area contributed by atoms with Crippen molar-refractivity contribution in [2.24, 2.45) is 11.7 Å². The molecule has 7 heteroatoms. The average molecular weight is 311 g/mol. The molecule has 20 heavy (non-hydrogen) atoms. The molecule has 1 atom stereocenters. The summed E-state index contributed by atoms with van der Waals surface area (Å²) >= 11 is 0. The third-order valence-corrected chi connectivity index (χ3v) is 3.37. The lowest BCUT2D eigenvalue weighted by atomic mass is 9.86. The number of alkyl halides is 3. The Morgan fingerprint density at radius 1 is 1.25 bits per heavy atom. The molecule has 1 aromatic carbocycles. The average Bonchev–Trinajstić information content (AvgIpc) is 2.37. The van der Waals surface area contributed by atoms with Crippen molar-refractivity contribution in [3.05, 3.63) is 29.8 Å². The number of rotatable bonds is 3. The maximum Gasteiger partial charge on any atom is 0.573 e. The van der Waals surface area contributed by atoms with E-state index in [1.165, 1.54) is 18.2 Å². The summed E-state index contributed by atoms with van der Waals surface area (Å²) in [6, 6.07) is 5.69. The quantitative estimate of drug-likeness (QED) is 0.902. The van der Waals surface area contributed by atoms with E-state index in [1.807, 2.05) is 0 Å². The molecule has 0 unspecified atom stereocenters. The third kappa shape index (κ3) is 4.85. The lowest BCUT2D eigenvalue weighted by Crippen LogP contribution is -2.33. The van der Waals surface area contributed by atoms with Crippen LogP contribution in [0.15, 0.2) is 24.3 Å². The van der Waals surface area contributed by atoms with Gasteiger partial charge in [-0.2, -0.15) is 0 Å². The molecule has 3 N–H and O–H groups in total. The van der Waals surface area contributed by atoms with Crippen LogP contribution in [0.1, 0.15) is 24.4 Å². The summed E-state index contributed by atoms with van der Waals surface area (Å²) in [5.41, 5.74) is 6.83. The second-order valence-electron chi connectivity index (χ2n) is 4.73. The molecule has 1 fully saturated rings. The summed E-state index contributed by atoms with van der Waals surface area (Å²) in [6.45, 7) is 1.80. The Hall–Kier alpha value is -0.980. The number of nitrogens with two attached hydrogens (primary N) is 1. The van der Waals surface area contributed by atoms with E-state index in [9.17, 15) is 13.2 Å². The minimum atomic E-state index is -4.67. The Morgan fingerprint density at radius 3 is 2.50 bits per heavy atom. The lowest BCUT2D eigenvalue weighted by Gasteiger charge is -2.28. The smallest absolute Gasteiger partial charge is 0.406 e. The van der Waals surface area contributed by atoms with Crippen molar-refractivity contribution in [1.29, 1.82) is 0 Å². The zero-order valence-corrected chi connectivity index (χ0v) is 11.6. The number of benzene rings is 1. The standard InChI is InChI=1S/C13H17F3N2O.ClH/c14-13(15,16)19-11-3-1-2-10(8-11)12(17)9-4-6-18-7-5-9;/h1-3,8-9,12,18H,4-7,17H2;1H/t12-;/m1./s1. The van der Waals surface area contributed by atoms with Gasteiger partial charge in [0.1, 0.15) is 5.75 Å². The molecule has 0 saturated carbocycles. The molecule has 0 radical (unpaired) electrons. The number of hydrogen-bond donors (Lipinski definition) is 2. The number of piperidine rings is 1. The van der Waals surface area contributed by atoms with E-state index >= 15 is 0 Å². The number of nitrogens with one attached hydrogen (secondary N) is 1. The molecule has 1 aliphatic heterocycles. The van der Waals surface area contributed by atoms with E-state index in [1.54, 1.807) is 6.07 Å². The monoisotopic (exact) mass is 310 g/mol. The van der Waals surface area contributed by atoms with Crippen LogP contribution >= 0.6 is 12.4 Å². The second kappa shape index (κ2) is 7.15. The third-order valence-electron chi connectivity index (χ3n) is 3.37. The van der Waals surface area contributed by atoms with Gasteiger partial charge in [-0.1, -0.05) is 12.1 Å². The van der Waals surface area contributed by atoms with E-state index in [2.05, 4.69) is 10.1 Å². The minimum Gasteiger partial charge on any atom is -0.406 e. The summed E-state index contributed by atoms with van der Waals surface area (Å²) < 4.78 is 40.4. The minimum absolute atomic E-state index is 0. The second-order valence-corrected chi connectivity index (χ2v) is 4.73. The molecule has 1 aromatic rings. The normalized spacial score (nSPS) is 18.2. The van der Waals surface area contributed by atoms with Crippen LogP contribution in [0.25, 0.3) is 0 Å². The van der Waals surface area contributed by atoms with E-state index in [0.29, 0.717) is 11.5 Å².